The lowest BCUT2D eigenvalue weighted by Crippen LogP contribution is -2.35. The maximum absolute atomic E-state index is 14.8. The lowest BCUT2D eigenvalue weighted by molar-refractivity contribution is 0.169. The number of benzene rings is 1. The van der Waals surface area contributed by atoms with Crippen molar-refractivity contribution in [2.45, 2.75) is 12.1 Å². The van der Waals surface area contributed by atoms with Crippen LogP contribution >= 0.6 is 11.6 Å². The van der Waals surface area contributed by atoms with Crippen LogP contribution in [-0.2, 0) is 5.22 Å². The summed E-state index contributed by atoms with van der Waals surface area (Å²) in [4.78, 5) is 23.5. The van der Waals surface area contributed by atoms with E-state index >= 15 is 0 Å². The largest absolute Gasteiger partial charge is 0.486 e. The summed E-state index contributed by atoms with van der Waals surface area (Å²) in [7, 11) is 5.51. The molecule has 0 saturated heterocycles. The number of anilines is 2. The monoisotopic (exact) mass is 512 g/mol. The van der Waals surface area contributed by atoms with Crippen LogP contribution in [0.15, 0.2) is 30.9 Å². The van der Waals surface area contributed by atoms with E-state index < -0.39 is 21.9 Å². The van der Waals surface area contributed by atoms with Gasteiger partial charge in [-0.05, 0) is 19.1 Å². The van der Waals surface area contributed by atoms with Gasteiger partial charge in [0.15, 0.2) is 29.0 Å². The van der Waals surface area contributed by atoms with Gasteiger partial charge >= 0.3 is 0 Å². The van der Waals surface area contributed by atoms with Crippen LogP contribution in [0.4, 0.5) is 20.4 Å². The third-order valence-electron chi connectivity index (χ3n) is 5.47. The second-order valence-electron chi connectivity index (χ2n) is 7.96. The van der Waals surface area contributed by atoms with Crippen LogP contribution in [0, 0.1) is 11.6 Å². The summed E-state index contributed by atoms with van der Waals surface area (Å²) in [6, 6.07) is 2.28. The standard InChI is InChI=1S/C22H17ClF2N7O2Si/c1-22(35,21-28-8-13-20(31-21)32(2)5-6-33-13)34-12-7-27-17(18-14(12)19(26)30-9-29-18)10-3-4-11(24)15(23)16(10)25/h3-4,7-9H,5-6H2,1-2H3,(H2,26,29,30)/t22-/m0/s1. The number of ether oxygens (including phenoxy) is 2. The Hall–Kier alpha value is -3.64. The fourth-order valence-electron chi connectivity index (χ4n) is 3.68. The molecule has 0 aliphatic carbocycles. The maximum atomic E-state index is 14.8. The Morgan fingerprint density at radius 2 is 2.00 bits per heavy atom. The Morgan fingerprint density at radius 1 is 1.20 bits per heavy atom. The van der Waals surface area contributed by atoms with Crippen molar-refractivity contribution in [1.29, 1.82) is 0 Å². The van der Waals surface area contributed by atoms with Gasteiger partial charge in [0.1, 0.15) is 40.3 Å². The van der Waals surface area contributed by atoms with Gasteiger partial charge in [-0.15, -0.1) is 0 Å². The minimum Gasteiger partial charge on any atom is -0.486 e. The Kier molecular flexibility index (Phi) is 5.64. The predicted octanol–water partition coefficient (Wildman–Crippen LogP) is 3.24. The Balaban J connectivity index is 1.60. The molecule has 1 atom stereocenters. The summed E-state index contributed by atoms with van der Waals surface area (Å²) < 4.78 is 40.3. The number of hydrogen-bond donors (Lipinski definition) is 1. The average Bonchev–Trinajstić information content (AvgIpc) is 2.83. The molecule has 1 aliphatic rings. The molecule has 177 valence electrons. The van der Waals surface area contributed by atoms with Crippen LogP contribution in [0.5, 0.6) is 11.5 Å². The summed E-state index contributed by atoms with van der Waals surface area (Å²) in [6.07, 6.45) is 4.14. The van der Waals surface area contributed by atoms with Gasteiger partial charge in [0.25, 0.3) is 0 Å². The molecule has 0 spiro atoms. The lowest BCUT2D eigenvalue weighted by Gasteiger charge is -2.30. The summed E-state index contributed by atoms with van der Waals surface area (Å²) in [5.41, 5.74) is 6.40. The van der Waals surface area contributed by atoms with Crippen molar-refractivity contribution in [3.63, 3.8) is 0 Å². The fourth-order valence-corrected chi connectivity index (χ4v) is 4.08. The molecule has 5 rings (SSSR count). The number of hydrogen-bond acceptors (Lipinski definition) is 9. The molecule has 9 nitrogen and oxygen atoms in total. The Bertz CT molecular complexity index is 1470. The van der Waals surface area contributed by atoms with E-state index in [4.69, 9.17) is 26.8 Å². The van der Waals surface area contributed by atoms with Gasteiger partial charge in [-0.2, -0.15) is 0 Å². The number of fused-ring (bicyclic) bond motifs is 2. The molecular weight excluding hydrogens is 496 g/mol. The van der Waals surface area contributed by atoms with Crippen LogP contribution in [-0.4, -0.2) is 55.4 Å². The highest BCUT2D eigenvalue weighted by Gasteiger charge is 2.31. The second kappa shape index (κ2) is 8.54. The zero-order valence-corrected chi connectivity index (χ0v) is 20.3. The first-order chi connectivity index (χ1) is 16.7. The molecule has 0 bridgehead atoms. The van der Waals surface area contributed by atoms with E-state index in [2.05, 4.69) is 35.2 Å². The minimum atomic E-state index is -1.23. The zero-order chi connectivity index (χ0) is 24.9. The van der Waals surface area contributed by atoms with Gasteiger partial charge in [-0.3, -0.25) is 0 Å². The molecule has 4 heterocycles. The molecule has 2 N–H and O–H groups in total. The topological polar surface area (TPSA) is 112 Å². The fraction of sp³-hybridized carbons (Fsp3) is 0.227. The highest BCUT2D eigenvalue weighted by molar-refractivity contribution is 6.31. The van der Waals surface area contributed by atoms with Crippen LogP contribution < -0.4 is 20.1 Å². The van der Waals surface area contributed by atoms with Crippen LogP contribution in [0.25, 0.3) is 22.2 Å². The smallest absolute Gasteiger partial charge is 0.180 e. The number of nitrogens with zero attached hydrogens (tertiary/aromatic N) is 6. The van der Waals surface area contributed by atoms with Gasteiger partial charge in [-0.1, -0.05) is 11.6 Å². The van der Waals surface area contributed by atoms with Crippen LogP contribution in [0.3, 0.4) is 0 Å². The van der Waals surface area contributed by atoms with E-state index in [9.17, 15) is 8.78 Å². The van der Waals surface area contributed by atoms with E-state index in [1.165, 1.54) is 18.6 Å². The minimum absolute atomic E-state index is 0.0479. The summed E-state index contributed by atoms with van der Waals surface area (Å²) in [6.45, 7) is 2.92. The number of rotatable bonds is 4. The van der Waals surface area contributed by atoms with Crippen molar-refractivity contribution >= 4 is 44.4 Å². The summed E-state index contributed by atoms with van der Waals surface area (Å²) >= 11 is 5.77. The highest BCUT2D eigenvalue weighted by Crippen LogP contribution is 2.39. The molecule has 1 aromatic carbocycles. The summed E-state index contributed by atoms with van der Waals surface area (Å²) in [5.74, 6) is -0.0806. The lowest BCUT2D eigenvalue weighted by atomic mass is 10.1. The van der Waals surface area contributed by atoms with Crippen molar-refractivity contribution in [3.8, 4) is 22.8 Å². The molecular formula is C22H17ClF2N7O2Si. The van der Waals surface area contributed by atoms with E-state index in [1.54, 1.807) is 13.1 Å². The molecule has 4 aromatic rings. The zero-order valence-electron chi connectivity index (χ0n) is 18.5. The average molecular weight is 513 g/mol. The van der Waals surface area contributed by atoms with Crippen molar-refractivity contribution in [2.24, 2.45) is 0 Å². The first kappa shape index (κ1) is 23.1. The molecule has 0 amide bonds. The summed E-state index contributed by atoms with van der Waals surface area (Å²) in [5, 5.41) is -1.60. The quantitative estimate of drug-likeness (QED) is 0.325. The number of nitrogens with two attached hydrogens (primary N) is 1. The molecule has 13 heteroatoms. The van der Waals surface area contributed by atoms with Crippen molar-refractivity contribution < 1.29 is 18.3 Å². The molecule has 35 heavy (non-hydrogen) atoms. The Labute approximate surface area is 206 Å². The molecule has 1 aliphatic heterocycles. The SMILES string of the molecule is CN1CCOc2cnc([C@](C)([Si])Oc3cnc(-c4ccc(F)c(Cl)c4F)c4ncnc(N)c34)nc21. The van der Waals surface area contributed by atoms with Gasteiger partial charge in [0.05, 0.1) is 40.3 Å². The van der Waals surface area contributed by atoms with Gasteiger partial charge in [-0.25, -0.2) is 33.7 Å². The third kappa shape index (κ3) is 3.98. The molecule has 0 saturated carbocycles. The van der Waals surface area contributed by atoms with Crippen molar-refractivity contribution in [3.05, 3.63) is 53.3 Å². The highest BCUT2D eigenvalue weighted by atomic mass is 35.5. The van der Waals surface area contributed by atoms with E-state index in [0.717, 1.165) is 6.07 Å². The first-order valence-corrected chi connectivity index (χ1v) is 11.2. The van der Waals surface area contributed by atoms with E-state index in [-0.39, 0.29) is 33.7 Å². The van der Waals surface area contributed by atoms with Crippen molar-refractivity contribution in [2.75, 3.05) is 30.8 Å². The number of halogens is 3. The third-order valence-corrected chi connectivity index (χ3v) is 6.14. The van der Waals surface area contributed by atoms with Gasteiger partial charge in [0, 0.05) is 12.6 Å². The van der Waals surface area contributed by atoms with E-state index in [1.807, 2.05) is 11.9 Å². The van der Waals surface area contributed by atoms with Crippen LogP contribution in [0.2, 0.25) is 5.02 Å². The Morgan fingerprint density at radius 3 is 2.80 bits per heavy atom. The maximum Gasteiger partial charge on any atom is 0.180 e. The molecule has 0 fully saturated rings. The van der Waals surface area contributed by atoms with Gasteiger partial charge in [0.2, 0.25) is 0 Å². The molecule has 3 radical (unpaired) electrons. The molecule has 0 unspecified atom stereocenters. The first-order valence-electron chi connectivity index (χ1n) is 10.4. The number of aromatic nitrogens is 5. The number of likely N-dealkylation sites (N-methyl/N-ethyl adjacent to an activating group) is 1. The normalized spacial score (nSPS) is 14.9. The second-order valence-corrected chi connectivity index (χ2v) is 9.30. The number of pyridine rings is 1. The predicted molar refractivity (Wildman–Crippen MR) is 127 cm³/mol. The van der Waals surface area contributed by atoms with Gasteiger partial charge < -0.3 is 20.1 Å². The number of nitrogen functional groups attached to an aromatic ring is 1. The van der Waals surface area contributed by atoms with Crippen molar-refractivity contribution in [1.82, 2.24) is 24.9 Å². The van der Waals surface area contributed by atoms with E-state index in [0.29, 0.717) is 30.5 Å². The molecule has 3 aromatic heterocycles. The van der Waals surface area contributed by atoms with Crippen LogP contribution in [0.1, 0.15) is 12.7 Å².